The van der Waals surface area contributed by atoms with Crippen molar-refractivity contribution in [3.8, 4) is 5.75 Å². The molecule has 0 saturated carbocycles. The third-order valence-corrected chi connectivity index (χ3v) is 2.96. The van der Waals surface area contributed by atoms with Crippen LogP contribution >= 0.6 is 0 Å². The van der Waals surface area contributed by atoms with E-state index in [-0.39, 0.29) is 18.5 Å². The van der Waals surface area contributed by atoms with Gasteiger partial charge in [-0.25, -0.2) is 0 Å². The van der Waals surface area contributed by atoms with Crippen molar-refractivity contribution in [1.29, 1.82) is 0 Å². The number of nitrogens with two attached hydrogens (primary N) is 1. The Balaban J connectivity index is 2.16. The number of hydrogen-bond donors (Lipinski definition) is 3. The van der Waals surface area contributed by atoms with E-state index in [4.69, 9.17) is 5.73 Å². The minimum Gasteiger partial charge on any atom is -0.508 e. The van der Waals surface area contributed by atoms with E-state index in [1.807, 2.05) is 6.07 Å². The highest BCUT2D eigenvalue weighted by Gasteiger charge is 2.20. The van der Waals surface area contributed by atoms with Crippen molar-refractivity contribution < 1.29 is 9.90 Å². The van der Waals surface area contributed by atoms with Gasteiger partial charge in [-0.15, -0.1) is 0 Å². The van der Waals surface area contributed by atoms with Crippen LogP contribution in [0.25, 0.3) is 0 Å². The van der Waals surface area contributed by atoms with Crippen LogP contribution < -0.4 is 11.1 Å². The Bertz CT molecular complexity index is 404. The Labute approximate surface area is 94.5 Å². The summed E-state index contributed by atoms with van der Waals surface area (Å²) in [5.74, 6) is -0.0415. The van der Waals surface area contributed by atoms with Crippen LogP contribution in [0.1, 0.15) is 30.0 Å². The molecule has 16 heavy (non-hydrogen) atoms. The molecule has 0 aromatic heterocycles. The molecule has 0 heterocycles. The number of carbonyl (C=O) groups is 1. The highest BCUT2D eigenvalue weighted by atomic mass is 16.3. The molecule has 1 atom stereocenters. The number of benzene rings is 1. The van der Waals surface area contributed by atoms with Crippen LogP contribution in [0.15, 0.2) is 18.2 Å². The lowest BCUT2D eigenvalue weighted by Gasteiger charge is -2.26. The lowest BCUT2D eigenvalue weighted by molar-refractivity contribution is -0.117. The van der Waals surface area contributed by atoms with Crippen molar-refractivity contribution in [3.05, 3.63) is 29.3 Å². The Morgan fingerprint density at radius 2 is 2.38 bits per heavy atom. The first-order chi connectivity index (χ1) is 7.66. The van der Waals surface area contributed by atoms with Crippen LogP contribution in [0.2, 0.25) is 0 Å². The maximum Gasteiger partial charge on any atom is 0.231 e. The van der Waals surface area contributed by atoms with Gasteiger partial charge in [-0.2, -0.15) is 0 Å². The Kier molecular flexibility index (Phi) is 3.10. The molecular formula is C12H16N2O2. The van der Waals surface area contributed by atoms with Crippen molar-refractivity contribution in [2.45, 2.75) is 25.3 Å². The van der Waals surface area contributed by atoms with Gasteiger partial charge in [0, 0.05) is 6.04 Å². The van der Waals surface area contributed by atoms with Crippen molar-refractivity contribution in [3.63, 3.8) is 0 Å². The van der Waals surface area contributed by atoms with E-state index < -0.39 is 0 Å². The van der Waals surface area contributed by atoms with E-state index in [0.717, 1.165) is 24.8 Å². The van der Waals surface area contributed by atoms with Crippen LogP contribution in [0.3, 0.4) is 0 Å². The summed E-state index contributed by atoms with van der Waals surface area (Å²) in [6, 6.07) is 5.58. The first kappa shape index (κ1) is 11.0. The largest absolute Gasteiger partial charge is 0.508 e. The molecule has 86 valence electrons. The molecule has 1 aliphatic carbocycles. The van der Waals surface area contributed by atoms with Crippen LogP contribution in [0, 0.1) is 0 Å². The van der Waals surface area contributed by atoms with Gasteiger partial charge >= 0.3 is 0 Å². The number of aryl methyl sites for hydroxylation is 1. The van der Waals surface area contributed by atoms with Gasteiger partial charge in [-0.05, 0) is 42.5 Å². The van der Waals surface area contributed by atoms with E-state index in [2.05, 4.69) is 5.32 Å². The summed E-state index contributed by atoms with van der Waals surface area (Å²) in [7, 11) is 0. The zero-order valence-corrected chi connectivity index (χ0v) is 9.07. The van der Waals surface area contributed by atoms with Gasteiger partial charge < -0.3 is 16.2 Å². The lowest BCUT2D eigenvalue weighted by Crippen LogP contribution is -2.33. The minimum absolute atomic E-state index is 0.178. The summed E-state index contributed by atoms with van der Waals surface area (Å²) in [6.45, 7) is 0.199. The number of hydrogen-bond acceptors (Lipinski definition) is 3. The summed E-state index contributed by atoms with van der Waals surface area (Å²) < 4.78 is 0. The van der Waals surface area contributed by atoms with Crippen molar-refractivity contribution in [1.82, 2.24) is 5.32 Å². The number of phenolic OH excluding ortho intramolecular Hbond substituents is 1. The first-order valence-corrected chi connectivity index (χ1v) is 5.50. The maximum absolute atomic E-state index is 10.7. The maximum atomic E-state index is 10.7. The van der Waals surface area contributed by atoms with Gasteiger partial charge in [-0.3, -0.25) is 4.79 Å². The van der Waals surface area contributed by atoms with Gasteiger partial charge in [0.05, 0.1) is 6.54 Å². The lowest BCUT2D eigenvalue weighted by atomic mass is 9.87. The number of fused-ring (bicyclic) bond motifs is 1. The summed E-state index contributed by atoms with van der Waals surface area (Å²) >= 11 is 0. The fourth-order valence-electron chi connectivity index (χ4n) is 2.24. The molecule has 0 aliphatic heterocycles. The summed E-state index contributed by atoms with van der Waals surface area (Å²) in [6.07, 6.45) is 3.05. The number of carbonyl (C=O) groups excluding carboxylic acids is 1. The van der Waals surface area contributed by atoms with E-state index in [9.17, 15) is 9.90 Å². The highest BCUT2D eigenvalue weighted by Crippen LogP contribution is 2.31. The number of rotatable bonds is 3. The highest BCUT2D eigenvalue weighted by molar-refractivity contribution is 5.75. The van der Waals surface area contributed by atoms with Crippen molar-refractivity contribution >= 4 is 5.91 Å². The van der Waals surface area contributed by atoms with Gasteiger partial charge in [0.25, 0.3) is 0 Å². The third kappa shape index (κ3) is 2.33. The molecule has 1 aromatic carbocycles. The number of amides is 1. The van der Waals surface area contributed by atoms with Gasteiger partial charge in [-0.1, -0.05) is 6.07 Å². The molecule has 1 unspecified atom stereocenters. The van der Waals surface area contributed by atoms with Crippen LogP contribution in [0.4, 0.5) is 0 Å². The zero-order chi connectivity index (χ0) is 11.5. The molecule has 4 heteroatoms. The number of nitrogens with one attached hydrogen (secondary N) is 1. The van der Waals surface area contributed by atoms with E-state index >= 15 is 0 Å². The fourth-order valence-corrected chi connectivity index (χ4v) is 2.24. The topological polar surface area (TPSA) is 75.4 Å². The quantitative estimate of drug-likeness (QED) is 0.706. The first-order valence-electron chi connectivity index (χ1n) is 5.50. The predicted octanol–water partition coefficient (Wildman–Crippen LogP) is 0.844. The SMILES string of the molecule is NC(=O)CNC1CCCc2cc(O)ccc21. The molecule has 4 nitrogen and oxygen atoms in total. The summed E-state index contributed by atoms with van der Waals surface area (Å²) in [5, 5.41) is 12.5. The van der Waals surface area contributed by atoms with Crippen molar-refractivity contribution in [2.24, 2.45) is 5.73 Å². The second-order valence-corrected chi connectivity index (χ2v) is 4.18. The molecule has 0 spiro atoms. The van der Waals surface area contributed by atoms with E-state index in [1.165, 1.54) is 5.56 Å². The molecule has 1 amide bonds. The number of aromatic hydroxyl groups is 1. The Morgan fingerprint density at radius 3 is 3.12 bits per heavy atom. The van der Waals surface area contributed by atoms with E-state index in [0.29, 0.717) is 5.75 Å². The normalized spacial score (nSPS) is 19.1. The standard InChI is InChI=1S/C12H16N2O2/c13-12(16)7-14-11-3-1-2-8-6-9(15)4-5-10(8)11/h4-6,11,14-15H,1-3,7H2,(H2,13,16). The second kappa shape index (κ2) is 4.53. The monoisotopic (exact) mass is 220 g/mol. The zero-order valence-electron chi connectivity index (χ0n) is 9.07. The molecular weight excluding hydrogens is 204 g/mol. The Hall–Kier alpha value is -1.55. The van der Waals surface area contributed by atoms with Gasteiger partial charge in [0.2, 0.25) is 5.91 Å². The minimum atomic E-state index is -0.342. The summed E-state index contributed by atoms with van der Waals surface area (Å²) in [5.41, 5.74) is 7.44. The number of primary amides is 1. The molecule has 0 saturated heterocycles. The Morgan fingerprint density at radius 1 is 1.56 bits per heavy atom. The predicted molar refractivity (Wildman–Crippen MR) is 61.0 cm³/mol. The van der Waals surface area contributed by atoms with Crippen LogP contribution in [-0.4, -0.2) is 17.6 Å². The molecule has 0 radical (unpaired) electrons. The van der Waals surface area contributed by atoms with E-state index in [1.54, 1.807) is 12.1 Å². The number of phenols is 1. The van der Waals surface area contributed by atoms with Crippen LogP contribution in [0.5, 0.6) is 5.75 Å². The molecule has 2 rings (SSSR count). The smallest absolute Gasteiger partial charge is 0.231 e. The molecule has 1 aromatic rings. The molecule has 0 bridgehead atoms. The van der Waals surface area contributed by atoms with Gasteiger partial charge in [0.1, 0.15) is 5.75 Å². The average molecular weight is 220 g/mol. The molecule has 1 aliphatic rings. The summed E-state index contributed by atoms with van der Waals surface area (Å²) in [4.78, 5) is 10.7. The second-order valence-electron chi connectivity index (χ2n) is 4.18. The molecule has 0 fully saturated rings. The van der Waals surface area contributed by atoms with Crippen molar-refractivity contribution in [2.75, 3.05) is 6.54 Å². The molecule has 4 N–H and O–H groups in total. The van der Waals surface area contributed by atoms with Crippen LogP contribution in [-0.2, 0) is 11.2 Å². The van der Waals surface area contributed by atoms with Gasteiger partial charge in [0.15, 0.2) is 0 Å². The third-order valence-electron chi connectivity index (χ3n) is 2.96. The fraction of sp³-hybridized carbons (Fsp3) is 0.417. The average Bonchev–Trinajstić information content (AvgIpc) is 2.25.